The summed E-state index contributed by atoms with van der Waals surface area (Å²) in [5.74, 6) is 2.16. The molecule has 2 heterocycles. The first-order valence-electron chi connectivity index (χ1n) is 8.93. The minimum absolute atomic E-state index is 0.0380. The van der Waals surface area contributed by atoms with E-state index >= 15 is 0 Å². The van der Waals surface area contributed by atoms with E-state index in [1.165, 1.54) is 0 Å². The summed E-state index contributed by atoms with van der Waals surface area (Å²) in [5.41, 5.74) is 3.10. The summed E-state index contributed by atoms with van der Waals surface area (Å²) in [6, 6.07) is 5.34. The topological polar surface area (TPSA) is 72.6 Å². The first-order valence-corrected chi connectivity index (χ1v) is 8.93. The molecule has 7 heteroatoms. The minimum Gasteiger partial charge on any atom is -0.496 e. The average molecular weight is 367 g/mol. The van der Waals surface area contributed by atoms with Crippen molar-refractivity contribution in [2.75, 3.05) is 13.7 Å². The molecule has 1 aromatic heterocycles. The van der Waals surface area contributed by atoms with Crippen LogP contribution in [-0.2, 0) is 6.54 Å². The molecule has 0 spiro atoms. The molecule has 2 aromatic rings. The third-order valence-corrected chi connectivity index (χ3v) is 4.78. The molecule has 1 aromatic carbocycles. The van der Waals surface area contributed by atoms with Gasteiger partial charge in [-0.15, -0.1) is 10.2 Å². The van der Waals surface area contributed by atoms with Crippen LogP contribution in [0.1, 0.15) is 54.4 Å². The Balaban J connectivity index is 1.89. The lowest BCUT2D eigenvalue weighted by Crippen LogP contribution is -2.41. The second kappa shape index (κ2) is 7.34. The Hall–Kier alpha value is -2.96. The number of nitrogens with zero attached hydrogens (tertiary/aromatic N) is 5. The highest BCUT2D eigenvalue weighted by atomic mass is 16.5. The number of carbonyl (C=O) groups is 1. The quantitative estimate of drug-likeness (QED) is 0.778. The molecule has 1 aliphatic heterocycles. The highest BCUT2D eigenvalue weighted by Gasteiger charge is 2.32. The van der Waals surface area contributed by atoms with E-state index < -0.39 is 0 Å². The van der Waals surface area contributed by atoms with Crippen molar-refractivity contribution in [3.63, 3.8) is 0 Å². The van der Waals surface area contributed by atoms with Gasteiger partial charge >= 0.3 is 0 Å². The number of hydrogen-bond donors (Lipinski definition) is 0. The predicted octanol–water partition coefficient (Wildman–Crippen LogP) is 3.15. The Bertz CT molecular complexity index is 928. The number of allylic oxidation sites excluding steroid dienone is 1. The average Bonchev–Trinajstić information content (AvgIpc) is 3.06. The molecule has 1 amide bonds. The van der Waals surface area contributed by atoms with Crippen LogP contribution in [0.4, 0.5) is 0 Å². The summed E-state index contributed by atoms with van der Waals surface area (Å²) < 4.78 is 7.38. The van der Waals surface area contributed by atoms with Gasteiger partial charge in [0.1, 0.15) is 5.75 Å². The van der Waals surface area contributed by atoms with Crippen LogP contribution >= 0.6 is 0 Å². The van der Waals surface area contributed by atoms with Crippen molar-refractivity contribution in [2.45, 2.75) is 40.3 Å². The lowest BCUT2D eigenvalue weighted by molar-refractivity contribution is 0.0637. The number of hydrogen-bond acceptors (Lipinski definition) is 5. The van der Waals surface area contributed by atoms with Crippen molar-refractivity contribution < 1.29 is 9.53 Å². The molecule has 1 aliphatic rings. The molecule has 0 aliphatic carbocycles. The Morgan fingerprint density at radius 1 is 1.30 bits per heavy atom. The molecular formula is C20H25N5O2. The monoisotopic (exact) mass is 367 g/mol. The lowest BCUT2D eigenvalue weighted by Gasteiger charge is -2.34. The molecule has 142 valence electrons. The number of amides is 1. The van der Waals surface area contributed by atoms with E-state index in [9.17, 15) is 4.79 Å². The van der Waals surface area contributed by atoms with Crippen molar-refractivity contribution in [3.05, 3.63) is 53.3 Å². The van der Waals surface area contributed by atoms with E-state index in [1.54, 1.807) is 13.2 Å². The highest BCUT2D eigenvalue weighted by molar-refractivity contribution is 5.97. The van der Waals surface area contributed by atoms with Crippen LogP contribution in [0.25, 0.3) is 0 Å². The maximum atomic E-state index is 13.1. The van der Waals surface area contributed by atoms with Gasteiger partial charge in [-0.2, -0.15) is 0 Å². The van der Waals surface area contributed by atoms with E-state index in [4.69, 9.17) is 4.74 Å². The van der Waals surface area contributed by atoms with E-state index in [-0.39, 0.29) is 11.9 Å². The van der Waals surface area contributed by atoms with Crippen LogP contribution in [0, 0.1) is 6.92 Å². The molecule has 0 saturated carbocycles. The maximum absolute atomic E-state index is 13.1. The third kappa shape index (κ3) is 3.49. The standard InChI is InChI=1S/C20H25N5O2/c1-12(2)21-14(4)18-22-23-19-15(5)24(9-10-25(18)19)20(26)16-8-7-13(3)17(11-16)27-6/h7-8,11,15H,1,9-10H2,2-6H3/t15-/m1/s1. The fourth-order valence-electron chi connectivity index (χ4n) is 3.39. The summed E-state index contributed by atoms with van der Waals surface area (Å²) in [6.45, 7) is 12.7. The van der Waals surface area contributed by atoms with Crippen LogP contribution in [-0.4, -0.2) is 44.9 Å². The zero-order valence-corrected chi connectivity index (χ0v) is 16.5. The summed E-state index contributed by atoms with van der Waals surface area (Å²) in [7, 11) is 1.61. The van der Waals surface area contributed by atoms with Gasteiger partial charge in [0, 0.05) is 24.4 Å². The zero-order chi connectivity index (χ0) is 19.7. The fourth-order valence-corrected chi connectivity index (χ4v) is 3.39. The summed E-state index contributed by atoms with van der Waals surface area (Å²) in [5, 5.41) is 8.61. The van der Waals surface area contributed by atoms with Crippen LogP contribution < -0.4 is 4.74 Å². The zero-order valence-electron chi connectivity index (χ0n) is 16.5. The molecule has 27 heavy (non-hydrogen) atoms. The number of rotatable bonds is 4. The number of aryl methyl sites for hydroxylation is 1. The number of carbonyl (C=O) groups excluding carboxylic acids is 1. The van der Waals surface area contributed by atoms with Crippen LogP contribution in [0.3, 0.4) is 0 Å². The molecule has 0 saturated heterocycles. The summed E-state index contributed by atoms with van der Waals surface area (Å²) in [6.07, 6.45) is 0. The van der Waals surface area contributed by atoms with Gasteiger partial charge in [-0.1, -0.05) is 12.6 Å². The number of aliphatic imine (C=N–C) groups is 1. The van der Waals surface area contributed by atoms with Crippen molar-refractivity contribution in [2.24, 2.45) is 4.99 Å². The number of ether oxygens (including phenoxy) is 1. The van der Waals surface area contributed by atoms with E-state index in [2.05, 4.69) is 21.8 Å². The van der Waals surface area contributed by atoms with Gasteiger partial charge in [0.15, 0.2) is 11.6 Å². The lowest BCUT2D eigenvalue weighted by atomic mass is 10.1. The first-order chi connectivity index (χ1) is 12.8. The Kier molecular flexibility index (Phi) is 5.12. The fraction of sp³-hybridized carbons (Fsp3) is 0.400. The van der Waals surface area contributed by atoms with Crippen LogP contribution in [0.5, 0.6) is 5.75 Å². The van der Waals surface area contributed by atoms with Crippen molar-refractivity contribution in [1.82, 2.24) is 19.7 Å². The van der Waals surface area contributed by atoms with E-state index in [1.807, 2.05) is 49.3 Å². The number of aromatic nitrogens is 3. The Morgan fingerprint density at radius 3 is 2.70 bits per heavy atom. The van der Waals surface area contributed by atoms with Gasteiger partial charge in [0.2, 0.25) is 0 Å². The number of fused-ring (bicyclic) bond motifs is 1. The molecule has 1 atom stereocenters. The van der Waals surface area contributed by atoms with Crippen molar-refractivity contribution >= 4 is 11.6 Å². The molecule has 3 rings (SSSR count). The second-order valence-corrected chi connectivity index (χ2v) is 6.82. The number of methoxy groups -OCH3 is 1. The third-order valence-electron chi connectivity index (χ3n) is 4.78. The van der Waals surface area contributed by atoms with Gasteiger partial charge in [-0.05, 0) is 45.4 Å². The van der Waals surface area contributed by atoms with Gasteiger partial charge in [-0.3, -0.25) is 9.79 Å². The SMILES string of the molecule is C=C(C)N=C(C)c1nnc2n1CCN(C(=O)c1ccc(C)c(OC)c1)[C@@H]2C. The van der Waals surface area contributed by atoms with Gasteiger partial charge in [-0.25, -0.2) is 0 Å². The van der Waals surface area contributed by atoms with Gasteiger partial charge < -0.3 is 14.2 Å². The summed E-state index contributed by atoms with van der Waals surface area (Å²) >= 11 is 0. The van der Waals surface area contributed by atoms with Gasteiger partial charge in [0.25, 0.3) is 5.91 Å². The Morgan fingerprint density at radius 2 is 2.04 bits per heavy atom. The number of benzene rings is 1. The van der Waals surface area contributed by atoms with E-state index in [0.717, 1.165) is 28.6 Å². The first kappa shape index (κ1) is 18.8. The molecule has 0 N–H and O–H groups in total. The van der Waals surface area contributed by atoms with Crippen LogP contribution in [0.2, 0.25) is 0 Å². The van der Waals surface area contributed by atoms with Gasteiger partial charge in [0.05, 0.1) is 18.9 Å². The Labute approximate surface area is 159 Å². The van der Waals surface area contributed by atoms with Crippen LogP contribution in [0.15, 0.2) is 35.5 Å². The van der Waals surface area contributed by atoms with Crippen molar-refractivity contribution in [1.29, 1.82) is 0 Å². The predicted molar refractivity (Wildman–Crippen MR) is 104 cm³/mol. The largest absolute Gasteiger partial charge is 0.496 e. The highest BCUT2D eigenvalue weighted by Crippen LogP contribution is 2.28. The van der Waals surface area contributed by atoms with E-state index in [0.29, 0.717) is 24.4 Å². The second-order valence-electron chi connectivity index (χ2n) is 6.82. The molecule has 0 radical (unpaired) electrons. The molecule has 7 nitrogen and oxygen atoms in total. The van der Waals surface area contributed by atoms with Crippen molar-refractivity contribution in [3.8, 4) is 5.75 Å². The minimum atomic E-state index is -0.183. The maximum Gasteiger partial charge on any atom is 0.254 e. The smallest absolute Gasteiger partial charge is 0.254 e. The molecule has 0 bridgehead atoms. The molecule has 0 unspecified atom stereocenters. The normalized spacial score (nSPS) is 16.9. The summed E-state index contributed by atoms with van der Waals surface area (Å²) in [4.78, 5) is 19.3. The molecular weight excluding hydrogens is 342 g/mol. The molecule has 0 fully saturated rings.